The Morgan fingerprint density at radius 1 is 1.32 bits per heavy atom. The summed E-state index contributed by atoms with van der Waals surface area (Å²) >= 11 is 3.59. The van der Waals surface area contributed by atoms with Crippen molar-refractivity contribution in [3.63, 3.8) is 0 Å². The Labute approximate surface area is 125 Å². The minimum absolute atomic E-state index is 0.462. The molecular formula is C16H24BrNO. The van der Waals surface area contributed by atoms with E-state index in [1.807, 2.05) is 0 Å². The first-order valence-corrected chi connectivity index (χ1v) is 8.01. The summed E-state index contributed by atoms with van der Waals surface area (Å²) in [6.07, 6.45) is 6.63. The lowest BCUT2D eigenvalue weighted by Crippen LogP contribution is -2.33. The largest absolute Gasteiger partial charge is 0.496 e. The Morgan fingerprint density at radius 3 is 2.63 bits per heavy atom. The van der Waals surface area contributed by atoms with Crippen LogP contribution in [0.15, 0.2) is 22.7 Å². The number of rotatable bonds is 6. The van der Waals surface area contributed by atoms with Crippen LogP contribution in [-0.2, 0) is 6.42 Å². The quantitative estimate of drug-likeness (QED) is 0.847. The topological polar surface area (TPSA) is 21.3 Å². The van der Waals surface area contributed by atoms with Gasteiger partial charge < -0.3 is 10.1 Å². The molecule has 0 spiro atoms. The highest BCUT2D eigenvalue weighted by atomic mass is 79.9. The van der Waals surface area contributed by atoms with E-state index in [0.717, 1.165) is 23.3 Å². The second-order valence-electron chi connectivity index (χ2n) is 5.63. The number of ether oxygens (including phenoxy) is 1. The number of benzene rings is 1. The van der Waals surface area contributed by atoms with Crippen molar-refractivity contribution < 1.29 is 4.74 Å². The molecule has 1 fully saturated rings. The fourth-order valence-corrected chi connectivity index (χ4v) is 3.77. The molecule has 2 rings (SSSR count). The molecule has 0 heterocycles. The zero-order valence-electron chi connectivity index (χ0n) is 12.0. The van der Waals surface area contributed by atoms with E-state index in [0.29, 0.717) is 5.41 Å². The molecule has 0 radical (unpaired) electrons. The van der Waals surface area contributed by atoms with E-state index in [1.165, 1.54) is 37.7 Å². The predicted octanol–water partition coefficient (Wildman–Crippen LogP) is 4.17. The van der Waals surface area contributed by atoms with Crippen molar-refractivity contribution in [2.75, 3.05) is 20.2 Å². The summed E-state index contributed by atoms with van der Waals surface area (Å²) in [5, 5.41) is 3.55. The first-order chi connectivity index (χ1) is 9.19. The summed E-state index contributed by atoms with van der Waals surface area (Å²) < 4.78 is 6.36. The molecule has 3 heteroatoms. The Morgan fingerprint density at radius 2 is 2.05 bits per heavy atom. The minimum Gasteiger partial charge on any atom is -0.496 e. The Balaban J connectivity index is 2.10. The number of nitrogens with one attached hydrogen (secondary N) is 1. The number of halogens is 1. The van der Waals surface area contributed by atoms with Crippen LogP contribution in [-0.4, -0.2) is 20.2 Å². The van der Waals surface area contributed by atoms with E-state index < -0.39 is 0 Å². The molecule has 1 saturated carbocycles. The second kappa shape index (κ2) is 6.76. The lowest BCUT2D eigenvalue weighted by Gasteiger charge is -2.29. The molecule has 1 aromatic rings. The Bertz CT molecular complexity index is 413. The summed E-state index contributed by atoms with van der Waals surface area (Å²) in [6.45, 7) is 4.40. The van der Waals surface area contributed by atoms with Gasteiger partial charge in [-0.1, -0.05) is 25.8 Å². The monoisotopic (exact) mass is 325 g/mol. The summed E-state index contributed by atoms with van der Waals surface area (Å²) in [5.74, 6) is 0.913. The van der Waals surface area contributed by atoms with Gasteiger partial charge >= 0.3 is 0 Å². The summed E-state index contributed by atoms with van der Waals surface area (Å²) in [6, 6.07) is 6.48. The highest BCUT2D eigenvalue weighted by Crippen LogP contribution is 2.41. The van der Waals surface area contributed by atoms with Gasteiger partial charge in [0, 0.05) is 6.54 Å². The summed E-state index contributed by atoms with van der Waals surface area (Å²) in [4.78, 5) is 0. The van der Waals surface area contributed by atoms with Crippen molar-refractivity contribution in [2.45, 2.75) is 39.0 Å². The van der Waals surface area contributed by atoms with E-state index in [4.69, 9.17) is 4.74 Å². The van der Waals surface area contributed by atoms with Gasteiger partial charge in [0.2, 0.25) is 0 Å². The molecule has 1 N–H and O–H groups in total. The average molecular weight is 326 g/mol. The lowest BCUT2D eigenvalue weighted by atomic mass is 9.80. The molecule has 0 unspecified atom stereocenters. The zero-order valence-corrected chi connectivity index (χ0v) is 13.6. The molecule has 0 amide bonds. The summed E-state index contributed by atoms with van der Waals surface area (Å²) in [7, 11) is 1.71. The van der Waals surface area contributed by atoms with E-state index >= 15 is 0 Å². The van der Waals surface area contributed by atoms with Crippen molar-refractivity contribution in [3.8, 4) is 5.75 Å². The molecule has 0 atom stereocenters. The maximum absolute atomic E-state index is 5.30. The Hall–Kier alpha value is -0.540. The molecule has 1 aliphatic rings. The van der Waals surface area contributed by atoms with E-state index in [-0.39, 0.29) is 0 Å². The van der Waals surface area contributed by atoms with E-state index in [2.05, 4.69) is 46.4 Å². The second-order valence-corrected chi connectivity index (χ2v) is 6.49. The molecule has 1 aromatic carbocycles. The van der Waals surface area contributed by atoms with Crippen LogP contribution < -0.4 is 10.1 Å². The van der Waals surface area contributed by atoms with Crippen molar-refractivity contribution in [2.24, 2.45) is 5.41 Å². The molecule has 0 saturated heterocycles. The van der Waals surface area contributed by atoms with E-state index in [9.17, 15) is 0 Å². The van der Waals surface area contributed by atoms with Crippen LogP contribution in [0.2, 0.25) is 0 Å². The van der Waals surface area contributed by atoms with Crippen molar-refractivity contribution in [1.29, 1.82) is 0 Å². The Kier molecular flexibility index (Phi) is 5.28. The molecule has 19 heavy (non-hydrogen) atoms. The van der Waals surface area contributed by atoms with Gasteiger partial charge in [-0.05, 0) is 64.8 Å². The standard InChI is InChI=1S/C16H24BrNO/c1-3-18-12-16(8-4-5-9-16)11-13-6-7-15(19-2)14(17)10-13/h6-7,10,18H,3-5,8-9,11-12H2,1-2H3. The number of hydrogen-bond acceptors (Lipinski definition) is 2. The maximum Gasteiger partial charge on any atom is 0.133 e. The van der Waals surface area contributed by atoms with Crippen LogP contribution in [0.25, 0.3) is 0 Å². The molecule has 1 aliphatic carbocycles. The van der Waals surface area contributed by atoms with Crippen LogP contribution in [0.5, 0.6) is 5.75 Å². The summed E-state index contributed by atoms with van der Waals surface area (Å²) in [5.41, 5.74) is 1.87. The highest BCUT2D eigenvalue weighted by Gasteiger charge is 2.33. The number of methoxy groups -OCH3 is 1. The van der Waals surface area contributed by atoms with Crippen molar-refractivity contribution >= 4 is 15.9 Å². The maximum atomic E-state index is 5.30. The van der Waals surface area contributed by atoms with Crippen LogP contribution in [0.3, 0.4) is 0 Å². The predicted molar refractivity (Wildman–Crippen MR) is 83.8 cm³/mol. The third kappa shape index (κ3) is 3.73. The van der Waals surface area contributed by atoms with Gasteiger partial charge in [-0.15, -0.1) is 0 Å². The van der Waals surface area contributed by atoms with Gasteiger partial charge in [0.25, 0.3) is 0 Å². The van der Waals surface area contributed by atoms with Crippen LogP contribution in [0.4, 0.5) is 0 Å². The van der Waals surface area contributed by atoms with Crippen LogP contribution in [0, 0.1) is 5.41 Å². The van der Waals surface area contributed by atoms with Crippen LogP contribution in [0.1, 0.15) is 38.2 Å². The van der Waals surface area contributed by atoms with Gasteiger partial charge in [0.1, 0.15) is 5.75 Å². The third-order valence-electron chi connectivity index (χ3n) is 4.21. The molecule has 0 bridgehead atoms. The fraction of sp³-hybridized carbons (Fsp3) is 0.625. The SMILES string of the molecule is CCNCC1(Cc2ccc(OC)c(Br)c2)CCCC1. The van der Waals surface area contributed by atoms with Crippen LogP contribution >= 0.6 is 15.9 Å². The van der Waals surface area contributed by atoms with E-state index in [1.54, 1.807) is 7.11 Å². The zero-order chi connectivity index (χ0) is 13.7. The first-order valence-electron chi connectivity index (χ1n) is 7.22. The normalized spacial score (nSPS) is 17.6. The first kappa shape index (κ1) is 14.9. The lowest BCUT2D eigenvalue weighted by molar-refractivity contribution is 0.280. The van der Waals surface area contributed by atoms with Gasteiger partial charge in [-0.2, -0.15) is 0 Å². The van der Waals surface area contributed by atoms with Gasteiger partial charge in [-0.3, -0.25) is 0 Å². The molecule has 0 aromatic heterocycles. The van der Waals surface area contributed by atoms with Gasteiger partial charge in [0.05, 0.1) is 11.6 Å². The smallest absolute Gasteiger partial charge is 0.133 e. The average Bonchev–Trinajstić information content (AvgIpc) is 2.86. The molecule has 2 nitrogen and oxygen atoms in total. The third-order valence-corrected chi connectivity index (χ3v) is 4.83. The molecular weight excluding hydrogens is 302 g/mol. The number of hydrogen-bond donors (Lipinski definition) is 1. The minimum atomic E-state index is 0.462. The molecule has 106 valence electrons. The van der Waals surface area contributed by atoms with Gasteiger partial charge in [-0.25, -0.2) is 0 Å². The van der Waals surface area contributed by atoms with Crippen molar-refractivity contribution in [1.82, 2.24) is 5.32 Å². The van der Waals surface area contributed by atoms with Gasteiger partial charge in [0.15, 0.2) is 0 Å². The molecule has 0 aliphatic heterocycles. The highest BCUT2D eigenvalue weighted by molar-refractivity contribution is 9.10. The van der Waals surface area contributed by atoms with Crippen molar-refractivity contribution in [3.05, 3.63) is 28.2 Å². The fourth-order valence-electron chi connectivity index (χ4n) is 3.18.